The van der Waals surface area contributed by atoms with Gasteiger partial charge in [0.25, 0.3) is 0 Å². The van der Waals surface area contributed by atoms with Gasteiger partial charge in [0.1, 0.15) is 0 Å². The molecule has 0 fully saturated rings. The summed E-state index contributed by atoms with van der Waals surface area (Å²) >= 11 is 0. The molecule has 0 saturated carbocycles. The van der Waals surface area contributed by atoms with Crippen molar-refractivity contribution in [1.29, 1.82) is 0 Å². The van der Waals surface area contributed by atoms with Gasteiger partial charge in [-0.05, 0) is 22.9 Å². The fourth-order valence-electron chi connectivity index (χ4n) is 1.72. The van der Waals surface area contributed by atoms with E-state index in [1.165, 1.54) is 12.5 Å². The van der Waals surface area contributed by atoms with Crippen LogP contribution in [0.5, 0.6) is 0 Å². The van der Waals surface area contributed by atoms with E-state index < -0.39 is 0 Å². The van der Waals surface area contributed by atoms with Crippen molar-refractivity contribution in [3.63, 3.8) is 0 Å². The summed E-state index contributed by atoms with van der Waals surface area (Å²) in [6.45, 7) is 4.05. The highest BCUT2D eigenvalue weighted by molar-refractivity contribution is 5.89. The van der Waals surface area contributed by atoms with Crippen molar-refractivity contribution < 1.29 is 9.53 Å². The van der Waals surface area contributed by atoms with E-state index >= 15 is 0 Å². The first-order valence-corrected chi connectivity index (χ1v) is 5.69. The van der Waals surface area contributed by atoms with Gasteiger partial charge in [0.2, 0.25) is 0 Å². The molecule has 0 bridgehead atoms. The number of anilines is 1. The standard InChI is InChI=1S/C15H15NO2/c1-11(15(17)18-2)10-16-14-8-7-12-5-3-4-6-13(12)9-14/h3-9,16H,1,10H2,2H3. The van der Waals surface area contributed by atoms with Gasteiger partial charge in [0, 0.05) is 17.8 Å². The summed E-state index contributed by atoms with van der Waals surface area (Å²) in [6.07, 6.45) is 0. The van der Waals surface area contributed by atoms with Gasteiger partial charge in [-0.15, -0.1) is 0 Å². The topological polar surface area (TPSA) is 38.3 Å². The third kappa shape index (κ3) is 2.69. The van der Waals surface area contributed by atoms with Crippen molar-refractivity contribution in [3.8, 4) is 0 Å². The van der Waals surface area contributed by atoms with Crippen LogP contribution in [0, 0.1) is 0 Å². The summed E-state index contributed by atoms with van der Waals surface area (Å²) in [7, 11) is 1.35. The lowest BCUT2D eigenvalue weighted by Crippen LogP contribution is -2.13. The van der Waals surface area contributed by atoms with Crippen LogP contribution in [0.15, 0.2) is 54.6 Å². The first-order valence-electron chi connectivity index (χ1n) is 5.69. The summed E-state index contributed by atoms with van der Waals surface area (Å²) in [5.74, 6) is -0.386. The van der Waals surface area contributed by atoms with Crippen LogP contribution in [0.1, 0.15) is 0 Å². The Balaban J connectivity index is 2.08. The molecule has 2 aromatic carbocycles. The quantitative estimate of drug-likeness (QED) is 0.660. The molecule has 0 aliphatic heterocycles. The van der Waals surface area contributed by atoms with E-state index in [4.69, 9.17) is 0 Å². The lowest BCUT2D eigenvalue weighted by atomic mass is 10.1. The maximum absolute atomic E-state index is 11.2. The molecule has 0 aromatic heterocycles. The molecule has 0 saturated heterocycles. The Hall–Kier alpha value is -2.29. The number of hydrogen-bond donors (Lipinski definition) is 1. The minimum absolute atomic E-state index is 0.380. The second-order valence-electron chi connectivity index (χ2n) is 4.01. The molecule has 1 N–H and O–H groups in total. The molecule has 3 heteroatoms. The first kappa shape index (κ1) is 12.2. The number of hydrogen-bond acceptors (Lipinski definition) is 3. The number of esters is 1. The van der Waals surface area contributed by atoms with E-state index in [-0.39, 0.29) is 5.97 Å². The summed E-state index contributed by atoms with van der Waals surface area (Å²) in [5.41, 5.74) is 1.37. The summed E-state index contributed by atoms with van der Waals surface area (Å²) < 4.78 is 4.59. The zero-order valence-electron chi connectivity index (χ0n) is 10.3. The minimum Gasteiger partial charge on any atom is -0.466 e. The number of fused-ring (bicyclic) bond motifs is 1. The number of carbonyl (C=O) groups is 1. The predicted octanol–water partition coefficient (Wildman–Crippen LogP) is 2.98. The van der Waals surface area contributed by atoms with E-state index in [2.05, 4.69) is 28.8 Å². The van der Waals surface area contributed by atoms with E-state index in [1.54, 1.807) is 0 Å². The number of rotatable bonds is 4. The second-order valence-corrected chi connectivity index (χ2v) is 4.01. The molecule has 3 nitrogen and oxygen atoms in total. The van der Waals surface area contributed by atoms with Gasteiger partial charge < -0.3 is 10.1 Å². The zero-order valence-corrected chi connectivity index (χ0v) is 10.3. The second kappa shape index (κ2) is 5.36. The SMILES string of the molecule is C=C(CNc1ccc2ccccc2c1)C(=O)OC. The van der Waals surface area contributed by atoms with Crippen molar-refractivity contribution in [1.82, 2.24) is 0 Å². The van der Waals surface area contributed by atoms with Gasteiger partial charge in [-0.1, -0.05) is 36.9 Å². The number of ether oxygens (including phenoxy) is 1. The molecule has 0 spiro atoms. The van der Waals surface area contributed by atoms with Gasteiger partial charge in [0.15, 0.2) is 0 Å². The molecule has 0 unspecified atom stereocenters. The van der Waals surface area contributed by atoms with E-state index in [9.17, 15) is 4.79 Å². The van der Waals surface area contributed by atoms with Gasteiger partial charge in [0.05, 0.1) is 7.11 Å². The molecule has 2 rings (SSSR count). The molecule has 0 aliphatic rings. The van der Waals surface area contributed by atoms with E-state index in [0.717, 1.165) is 11.1 Å². The molecule has 0 radical (unpaired) electrons. The van der Waals surface area contributed by atoms with Crippen LogP contribution in [0.4, 0.5) is 5.69 Å². The molecule has 0 atom stereocenters. The van der Waals surface area contributed by atoms with Crippen LogP contribution in [0.2, 0.25) is 0 Å². The fourth-order valence-corrected chi connectivity index (χ4v) is 1.72. The molecular formula is C15H15NO2. The van der Waals surface area contributed by atoms with Crippen molar-refractivity contribution in [3.05, 3.63) is 54.6 Å². The Morgan fingerprint density at radius 3 is 2.67 bits per heavy atom. The lowest BCUT2D eigenvalue weighted by molar-refractivity contribution is -0.136. The third-order valence-corrected chi connectivity index (χ3v) is 2.73. The van der Waals surface area contributed by atoms with E-state index in [1.807, 2.05) is 30.3 Å². The Kier molecular flexibility index (Phi) is 3.63. The number of benzene rings is 2. The highest BCUT2D eigenvalue weighted by Gasteiger charge is 2.05. The van der Waals surface area contributed by atoms with Crippen molar-refractivity contribution in [2.75, 3.05) is 19.0 Å². The average molecular weight is 241 g/mol. The minimum atomic E-state index is -0.386. The highest BCUT2D eigenvalue weighted by atomic mass is 16.5. The monoisotopic (exact) mass is 241 g/mol. The summed E-state index contributed by atoms with van der Waals surface area (Å²) in [4.78, 5) is 11.2. The van der Waals surface area contributed by atoms with Crippen LogP contribution in [-0.4, -0.2) is 19.6 Å². The van der Waals surface area contributed by atoms with Gasteiger partial charge in [-0.2, -0.15) is 0 Å². The van der Waals surface area contributed by atoms with Crippen LogP contribution in [0.25, 0.3) is 10.8 Å². The number of methoxy groups -OCH3 is 1. The highest BCUT2D eigenvalue weighted by Crippen LogP contribution is 2.18. The Morgan fingerprint density at radius 1 is 1.22 bits per heavy atom. The number of nitrogens with one attached hydrogen (secondary N) is 1. The molecule has 92 valence electrons. The smallest absolute Gasteiger partial charge is 0.334 e. The number of carbonyl (C=O) groups excluding carboxylic acids is 1. The van der Waals surface area contributed by atoms with Crippen molar-refractivity contribution >= 4 is 22.4 Å². The Morgan fingerprint density at radius 2 is 1.94 bits per heavy atom. The molecule has 0 aliphatic carbocycles. The lowest BCUT2D eigenvalue weighted by Gasteiger charge is -2.08. The molecule has 18 heavy (non-hydrogen) atoms. The van der Waals surface area contributed by atoms with Crippen LogP contribution in [0.3, 0.4) is 0 Å². The van der Waals surface area contributed by atoms with Gasteiger partial charge in [-0.3, -0.25) is 0 Å². The summed E-state index contributed by atoms with van der Waals surface area (Å²) in [6, 6.07) is 14.2. The van der Waals surface area contributed by atoms with E-state index in [0.29, 0.717) is 12.1 Å². The van der Waals surface area contributed by atoms with Crippen molar-refractivity contribution in [2.24, 2.45) is 0 Å². The van der Waals surface area contributed by atoms with Crippen molar-refractivity contribution in [2.45, 2.75) is 0 Å². The van der Waals surface area contributed by atoms with Crippen LogP contribution in [-0.2, 0) is 9.53 Å². The maximum Gasteiger partial charge on any atom is 0.334 e. The van der Waals surface area contributed by atoms with Crippen LogP contribution >= 0.6 is 0 Å². The molecule has 2 aromatic rings. The summed E-state index contributed by atoms with van der Waals surface area (Å²) in [5, 5.41) is 5.50. The molecule has 0 heterocycles. The zero-order chi connectivity index (χ0) is 13.0. The third-order valence-electron chi connectivity index (χ3n) is 2.73. The van der Waals surface area contributed by atoms with Gasteiger partial charge in [-0.25, -0.2) is 4.79 Å². The maximum atomic E-state index is 11.2. The Labute approximate surface area is 106 Å². The van der Waals surface area contributed by atoms with Crippen LogP contribution < -0.4 is 5.32 Å². The predicted molar refractivity (Wildman–Crippen MR) is 73.6 cm³/mol. The normalized spacial score (nSPS) is 10.1. The molecular weight excluding hydrogens is 226 g/mol. The van der Waals surface area contributed by atoms with Gasteiger partial charge >= 0.3 is 5.97 Å². The first-order chi connectivity index (χ1) is 8.70. The Bertz CT molecular complexity index is 590. The largest absolute Gasteiger partial charge is 0.466 e. The average Bonchev–Trinajstić information content (AvgIpc) is 2.43. The molecule has 0 amide bonds. The fraction of sp³-hybridized carbons (Fsp3) is 0.133.